The summed E-state index contributed by atoms with van der Waals surface area (Å²) in [6.07, 6.45) is 2.76. The van der Waals surface area contributed by atoms with E-state index in [1.807, 2.05) is 24.0 Å². The highest BCUT2D eigenvalue weighted by molar-refractivity contribution is 5.76. The van der Waals surface area contributed by atoms with E-state index < -0.39 is 0 Å². The zero-order valence-electron chi connectivity index (χ0n) is 11.2. The predicted molar refractivity (Wildman–Crippen MR) is 71.8 cm³/mol. The van der Waals surface area contributed by atoms with E-state index in [1.54, 1.807) is 0 Å². The molecule has 1 heterocycles. The summed E-state index contributed by atoms with van der Waals surface area (Å²) in [5, 5.41) is 0. The van der Waals surface area contributed by atoms with Gasteiger partial charge in [0.1, 0.15) is 5.75 Å². The monoisotopic (exact) mass is 247 g/mol. The summed E-state index contributed by atoms with van der Waals surface area (Å²) in [5.41, 5.74) is 2.36. The fraction of sp³-hybridized carbons (Fsp3) is 0.533. The molecule has 0 N–H and O–H groups in total. The largest absolute Gasteiger partial charge is 0.493 e. The average Bonchev–Trinajstić information content (AvgIpc) is 2.85. The molecule has 0 spiro atoms. The smallest absolute Gasteiger partial charge is 0.225 e. The first kappa shape index (κ1) is 12.9. The predicted octanol–water partition coefficient (Wildman–Crippen LogP) is 2.69. The third kappa shape index (κ3) is 3.25. The summed E-state index contributed by atoms with van der Waals surface area (Å²) in [6, 6.07) is 6.10. The third-order valence-corrected chi connectivity index (χ3v) is 3.36. The molecular weight excluding hydrogens is 226 g/mol. The van der Waals surface area contributed by atoms with Crippen molar-refractivity contribution in [2.24, 2.45) is 0 Å². The minimum atomic E-state index is 0.220. The molecule has 1 aliphatic rings. The summed E-state index contributed by atoms with van der Waals surface area (Å²) in [5.74, 6) is 1.10. The Morgan fingerprint density at radius 3 is 2.67 bits per heavy atom. The van der Waals surface area contributed by atoms with Crippen molar-refractivity contribution >= 4 is 5.91 Å². The molecule has 1 aliphatic heterocycles. The van der Waals surface area contributed by atoms with Gasteiger partial charge >= 0.3 is 0 Å². The molecule has 1 aromatic carbocycles. The molecule has 0 saturated carbocycles. The van der Waals surface area contributed by atoms with Crippen LogP contribution in [0, 0.1) is 13.8 Å². The number of hydrogen-bond acceptors (Lipinski definition) is 2. The highest BCUT2D eigenvalue weighted by Gasteiger charge is 2.17. The first-order chi connectivity index (χ1) is 8.66. The highest BCUT2D eigenvalue weighted by atomic mass is 16.5. The van der Waals surface area contributed by atoms with Crippen molar-refractivity contribution in [3.63, 3.8) is 0 Å². The Bertz CT molecular complexity index is 423. The molecule has 0 aliphatic carbocycles. The molecule has 1 saturated heterocycles. The second-order valence-electron chi connectivity index (χ2n) is 4.96. The number of carbonyl (C=O) groups excluding carboxylic acids is 1. The number of aryl methyl sites for hydroxylation is 2. The van der Waals surface area contributed by atoms with Gasteiger partial charge in [-0.2, -0.15) is 0 Å². The van der Waals surface area contributed by atoms with Crippen LogP contribution in [0.5, 0.6) is 5.75 Å². The zero-order chi connectivity index (χ0) is 13.0. The molecule has 0 bridgehead atoms. The third-order valence-electron chi connectivity index (χ3n) is 3.36. The van der Waals surface area contributed by atoms with E-state index in [9.17, 15) is 4.79 Å². The Balaban J connectivity index is 1.79. The van der Waals surface area contributed by atoms with Gasteiger partial charge in [-0.3, -0.25) is 4.79 Å². The molecule has 1 aromatic rings. The maximum absolute atomic E-state index is 11.8. The van der Waals surface area contributed by atoms with E-state index in [2.05, 4.69) is 13.0 Å². The van der Waals surface area contributed by atoms with Crippen molar-refractivity contribution in [1.29, 1.82) is 0 Å². The van der Waals surface area contributed by atoms with Crippen LogP contribution in [0.15, 0.2) is 18.2 Å². The van der Waals surface area contributed by atoms with Gasteiger partial charge in [0.2, 0.25) is 5.91 Å². The fourth-order valence-electron chi connectivity index (χ4n) is 2.33. The maximum Gasteiger partial charge on any atom is 0.225 e. The Hall–Kier alpha value is -1.51. The Labute approximate surface area is 109 Å². The van der Waals surface area contributed by atoms with Gasteiger partial charge in [-0.1, -0.05) is 17.7 Å². The SMILES string of the molecule is Cc1ccc(OCCC(=O)N2CCCC2)c(C)c1. The molecule has 3 nitrogen and oxygen atoms in total. The summed E-state index contributed by atoms with van der Waals surface area (Å²) in [6.45, 7) is 6.41. The second-order valence-corrected chi connectivity index (χ2v) is 4.96. The van der Waals surface area contributed by atoms with Gasteiger partial charge in [0.05, 0.1) is 13.0 Å². The van der Waals surface area contributed by atoms with Crippen molar-refractivity contribution in [2.75, 3.05) is 19.7 Å². The summed E-state index contributed by atoms with van der Waals surface area (Å²) >= 11 is 0. The molecule has 0 aromatic heterocycles. The Morgan fingerprint density at radius 2 is 2.00 bits per heavy atom. The van der Waals surface area contributed by atoms with Gasteiger partial charge in [-0.05, 0) is 38.3 Å². The van der Waals surface area contributed by atoms with E-state index in [1.165, 1.54) is 5.56 Å². The van der Waals surface area contributed by atoms with Crippen LogP contribution in [-0.2, 0) is 4.79 Å². The fourth-order valence-corrected chi connectivity index (χ4v) is 2.33. The van der Waals surface area contributed by atoms with Crippen molar-refractivity contribution < 1.29 is 9.53 Å². The number of carbonyl (C=O) groups is 1. The lowest BCUT2D eigenvalue weighted by Crippen LogP contribution is -2.28. The van der Waals surface area contributed by atoms with Gasteiger partial charge in [-0.15, -0.1) is 0 Å². The lowest BCUT2D eigenvalue weighted by molar-refractivity contribution is -0.130. The molecule has 0 atom stereocenters. The minimum Gasteiger partial charge on any atom is -0.493 e. The number of benzene rings is 1. The van der Waals surface area contributed by atoms with Crippen LogP contribution in [-0.4, -0.2) is 30.5 Å². The maximum atomic E-state index is 11.8. The highest BCUT2D eigenvalue weighted by Crippen LogP contribution is 2.19. The molecule has 2 rings (SSSR count). The lowest BCUT2D eigenvalue weighted by atomic mass is 10.1. The standard InChI is InChI=1S/C15H21NO2/c1-12-5-6-14(13(2)11-12)18-10-7-15(17)16-8-3-4-9-16/h5-6,11H,3-4,7-10H2,1-2H3. The molecule has 0 radical (unpaired) electrons. The van der Waals surface area contributed by atoms with Crippen LogP contribution < -0.4 is 4.74 Å². The number of ether oxygens (including phenoxy) is 1. The Morgan fingerprint density at radius 1 is 1.28 bits per heavy atom. The van der Waals surface area contributed by atoms with Gasteiger partial charge in [0.25, 0.3) is 0 Å². The van der Waals surface area contributed by atoms with E-state index >= 15 is 0 Å². The van der Waals surface area contributed by atoms with Gasteiger partial charge in [0, 0.05) is 13.1 Å². The van der Waals surface area contributed by atoms with Gasteiger partial charge in [-0.25, -0.2) is 0 Å². The van der Waals surface area contributed by atoms with Crippen LogP contribution in [0.3, 0.4) is 0 Å². The molecular formula is C15H21NO2. The Kier molecular flexibility index (Phi) is 4.24. The number of rotatable bonds is 4. The first-order valence-electron chi connectivity index (χ1n) is 6.64. The quantitative estimate of drug-likeness (QED) is 0.818. The molecule has 0 unspecified atom stereocenters. The normalized spacial score (nSPS) is 14.9. The van der Waals surface area contributed by atoms with Crippen LogP contribution in [0.2, 0.25) is 0 Å². The van der Waals surface area contributed by atoms with Gasteiger partial charge < -0.3 is 9.64 Å². The summed E-state index contributed by atoms with van der Waals surface area (Å²) in [4.78, 5) is 13.8. The van der Waals surface area contributed by atoms with Crippen molar-refractivity contribution in [2.45, 2.75) is 33.1 Å². The van der Waals surface area contributed by atoms with Crippen LogP contribution in [0.4, 0.5) is 0 Å². The van der Waals surface area contributed by atoms with Crippen molar-refractivity contribution in [3.8, 4) is 5.75 Å². The molecule has 1 fully saturated rings. The van der Waals surface area contributed by atoms with Crippen LogP contribution >= 0.6 is 0 Å². The molecule has 1 amide bonds. The number of likely N-dealkylation sites (tertiary alicyclic amines) is 1. The number of amides is 1. The molecule has 18 heavy (non-hydrogen) atoms. The number of hydrogen-bond donors (Lipinski definition) is 0. The van der Waals surface area contributed by atoms with Crippen LogP contribution in [0.1, 0.15) is 30.4 Å². The van der Waals surface area contributed by atoms with E-state index in [-0.39, 0.29) is 5.91 Å². The summed E-state index contributed by atoms with van der Waals surface area (Å²) in [7, 11) is 0. The first-order valence-corrected chi connectivity index (χ1v) is 6.64. The zero-order valence-corrected chi connectivity index (χ0v) is 11.2. The summed E-state index contributed by atoms with van der Waals surface area (Å²) < 4.78 is 5.67. The van der Waals surface area contributed by atoms with Gasteiger partial charge in [0.15, 0.2) is 0 Å². The number of nitrogens with zero attached hydrogens (tertiary/aromatic N) is 1. The van der Waals surface area contributed by atoms with E-state index in [4.69, 9.17) is 4.74 Å². The minimum absolute atomic E-state index is 0.220. The van der Waals surface area contributed by atoms with Crippen molar-refractivity contribution in [1.82, 2.24) is 4.90 Å². The second kappa shape index (κ2) is 5.89. The van der Waals surface area contributed by atoms with E-state index in [0.29, 0.717) is 13.0 Å². The molecule has 3 heteroatoms. The lowest BCUT2D eigenvalue weighted by Gasteiger charge is -2.15. The van der Waals surface area contributed by atoms with E-state index in [0.717, 1.165) is 37.2 Å². The molecule has 98 valence electrons. The van der Waals surface area contributed by atoms with Crippen molar-refractivity contribution in [3.05, 3.63) is 29.3 Å². The topological polar surface area (TPSA) is 29.5 Å². The average molecular weight is 247 g/mol. The van der Waals surface area contributed by atoms with Crippen LogP contribution in [0.25, 0.3) is 0 Å².